The number of pyridine rings is 3. The molecular formula is C22H22F3N5O3. The first-order valence-electron chi connectivity index (χ1n) is 10.3. The van der Waals surface area contributed by atoms with Gasteiger partial charge < -0.3 is 15.0 Å². The minimum Gasteiger partial charge on any atom is -0.473 e. The topological polar surface area (TPSA) is 100 Å². The van der Waals surface area contributed by atoms with E-state index in [1.54, 1.807) is 23.2 Å². The van der Waals surface area contributed by atoms with Crippen molar-refractivity contribution in [3.05, 3.63) is 63.8 Å². The Balaban J connectivity index is 1.48. The minimum absolute atomic E-state index is 0.0729. The molecule has 2 N–H and O–H groups in total. The number of ether oxygens (including phenoxy) is 1. The molecule has 0 bridgehead atoms. The number of carbonyl (C=O) groups excluding carboxylic acids is 1. The summed E-state index contributed by atoms with van der Waals surface area (Å²) in [6, 6.07) is 6.04. The van der Waals surface area contributed by atoms with Gasteiger partial charge in [0.15, 0.2) is 0 Å². The Hall–Kier alpha value is -3.47. The zero-order valence-electron chi connectivity index (χ0n) is 18.0. The smallest absolute Gasteiger partial charge is 0.430 e. The van der Waals surface area contributed by atoms with Gasteiger partial charge in [-0.1, -0.05) is 6.92 Å². The number of likely N-dealkylation sites (tertiary alicyclic amines) is 1. The van der Waals surface area contributed by atoms with E-state index < -0.39 is 17.7 Å². The van der Waals surface area contributed by atoms with Crippen LogP contribution in [0.4, 0.5) is 13.2 Å². The number of aryl methyl sites for hydroxylation is 1. The third-order valence-electron chi connectivity index (χ3n) is 5.60. The van der Waals surface area contributed by atoms with Gasteiger partial charge in [-0.05, 0) is 36.2 Å². The van der Waals surface area contributed by atoms with E-state index in [0.29, 0.717) is 28.6 Å². The molecule has 1 aliphatic rings. The van der Waals surface area contributed by atoms with Gasteiger partial charge in [-0.2, -0.15) is 13.2 Å². The maximum absolute atomic E-state index is 13.9. The first kappa shape index (κ1) is 22.7. The highest BCUT2D eigenvalue weighted by Crippen LogP contribution is 2.42. The van der Waals surface area contributed by atoms with Gasteiger partial charge in [-0.15, -0.1) is 0 Å². The Labute approximate surface area is 186 Å². The zero-order chi connectivity index (χ0) is 23.8. The number of hydrogen-bond acceptors (Lipinski definition) is 6. The van der Waals surface area contributed by atoms with E-state index in [1.165, 1.54) is 19.2 Å². The number of rotatable bonds is 6. The van der Waals surface area contributed by atoms with Gasteiger partial charge in [0, 0.05) is 38.4 Å². The summed E-state index contributed by atoms with van der Waals surface area (Å²) in [6.45, 7) is 1.33. The van der Waals surface area contributed by atoms with Crippen LogP contribution >= 0.6 is 0 Å². The number of nitrogens with one attached hydrogen (secondary N) is 2. The Bertz CT molecular complexity index is 1230. The summed E-state index contributed by atoms with van der Waals surface area (Å²) in [7, 11) is 1.43. The lowest BCUT2D eigenvalue weighted by atomic mass is 9.92. The fourth-order valence-electron chi connectivity index (χ4n) is 3.79. The van der Waals surface area contributed by atoms with Gasteiger partial charge in [-0.25, -0.2) is 4.98 Å². The van der Waals surface area contributed by atoms with E-state index in [2.05, 4.69) is 20.3 Å². The largest absolute Gasteiger partial charge is 0.473 e. The quantitative estimate of drug-likeness (QED) is 0.585. The lowest BCUT2D eigenvalue weighted by Crippen LogP contribution is -2.71. The summed E-state index contributed by atoms with van der Waals surface area (Å²) in [5, 5.41) is 2.39. The van der Waals surface area contributed by atoms with Crippen LogP contribution in [0, 0.1) is 0 Å². The molecule has 0 saturated carbocycles. The van der Waals surface area contributed by atoms with Crippen molar-refractivity contribution in [1.82, 2.24) is 25.2 Å². The fourth-order valence-corrected chi connectivity index (χ4v) is 3.79. The Morgan fingerprint density at radius 3 is 2.61 bits per heavy atom. The molecule has 0 atom stereocenters. The summed E-state index contributed by atoms with van der Waals surface area (Å²) in [5.41, 5.74) is -0.0410. The van der Waals surface area contributed by atoms with E-state index in [9.17, 15) is 22.8 Å². The van der Waals surface area contributed by atoms with Crippen molar-refractivity contribution in [1.29, 1.82) is 0 Å². The molecule has 11 heteroatoms. The Morgan fingerprint density at radius 2 is 2.00 bits per heavy atom. The number of hydrogen-bond donors (Lipinski definition) is 2. The first-order chi connectivity index (χ1) is 15.6. The van der Waals surface area contributed by atoms with Crippen LogP contribution in [0.5, 0.6) is 5.75 Å². The zero-order valence-corrected chi connectivity index (χ0v) is 18.0. The fraction of sp³-hybridized carbons (Fsp3) is 0.364. The molecule has 8 nitrogen and oxygen atoms in total. The predicted molar refractivity (Wildman–Crippen MR) is 114 cm³/mol. The van der Waals surface area contributed by atoms with Gasteiger partial charge in [0.05, 0.1) is 17.2 Å². The molecule has 174 valence electrons. The number of H-pyrrole nitrogens is 1. The van der Waals surface area contributed by atoms with Crippen molar-refractivity contribution < 1.29 is 22.7 Å². The van der Waals surface area contributed by atoms with Crippen molar-refractivity contribution in [3.63, 3.8) is 0 Å². The Kier molecular flexibility index (Phi) is 5.83. The molecule has 0 unspecified atom stereocenters. The van der Waals surface area contributed by atoms with Crippen molar-refractivity contribution in [2.75, 3.05) is 20.1 Å². The number of aromatic nitrogens is 3. The first-order valence-corrected chi connectivity index (χ1v) is 10.3. The molecule has 0 aromatic carbocycles. The Morgan fingerprint density at radius 1 is 1.24 bits per heavy atom. The SMILES string of the molecule is CCc1cc2ncc(CN3CC(Oc4ccc(C(=O)NC)nc4)(C(F)(F)F)C3)cc2[nH]c1=O. The highest BCUT2D eigenvalue weighted by atomic mass is 19.4. The number of halogens is 3. The molecule has 1 saturated heterocycles. The van der Waals surface area contributed by atoms with Crippen molar-refractivity contribution >= 4 is 16.9 Å². The van der Waals surface area contributed by atoms with Crippen molar-refractivity contribution in [3.8, 4) is 5.75 Å². The van der Waals surface area contributed by atoms with Crippen LogP contribution in [0.25, 0.3) is 11.0 Å². The monoisotopic (exact) mass is 461 g/mol. The summed E-state index contributed by atoms with van der Waals surface area (Å²) in [6.07, 6.45) is -1.33. The maximum Gasteiger partial charge on any atom is 0.430 e. The van der Waals surface area contributed by atoms with Crippen LogP contribution < -0.4 is 15.6 Å². The van der Waals surface area contributed by atoms with Gasteiger partial charge in [0.1, 0.15) is 11.4 Å². The average Bonchev–Trinajstić information content (AvgIpc) is 2.76. The third kappa shape index (κ3) is 4.40. The second kappa shape index (κ2) is 8.47. The van der Waals surface area contributed by atoms with Gasteiger partial charge in [-0.3, -0.25) is 19.5 Å². The lowest BCUT2D eigenvalue weighted by molar-refractivity contribution is -0.291. The van der Waals surface area contributed by atoms with E-state index in [4.69, 9.17) is 4.74 Å². The molecule has 0 aliphatic carbocycles. The van der Waals surface area contributed by atoms with Crippen LogP contribution in [-0.2, 0) is 13.0 Å². The van der Waals surface area contributed by atoms with Crippen LogP contribution in [0.2, 0.25) is 0 Å². The van der Waals surface area contributed by atoms with E-state index in [-0.39, 0.29) is 36.6 Å². The average molecular weight is 461 g/mol. The highest BCUT2D eigenvalue weighted by Gasteiger charge is 2.64. The molecule has 4 rings (SSSR count). The van der Waals surface area contributed by atoms with E-state index in [1.807, 2.05) is 6.92 Å². The predicted octanol–water partition coefficient (Wildman–Crippen LogP) is 2.44. The van der Waals surface area contributed by atoms with E-state index >= 15 is 0 Å². The van der Waals surface area contributed by atoms with E-state index in [0.717, 1.165) is 6.20 Å². The number of fused-ring (bicyclic) bond motifs is 1. The standard InChI is InChI=1S/C22H22F3N5O3/c1-3-14-7-17-18(29-19(14)31)6-13(8-27-17)10-30-11-21(12-30,22(23,24)25)33-15-4-5-16(28-9-15)20(32)26-2/h4-9H,3,10-12H2,1-2H3,(H,26,32)(H,29,31). The van der Waals surface area contributed by atoms with Crippen molar-refractivity contribution in [2.24, 2.45) is 0 Å². The minimum atomic E-state index is -4.60. The molecule has 1 amide bonds. The number of carbonyl (C=O) groups is 1. The summed E-state index contributed by atoms with van der Waals surface area (Å²) in [4.78, 5) is 36.2. The normalized spacial score (nSPS) is 15.8. The van der Waals surface area contributed by atoms with Crippen LogP contribution in [0.15, 0.2) is 41.5 Å². The molecule has 4 heterocycles. The summed E-state index contributed by atoms with van der Waals surface area (Å²) >= 11 is 0. The highest BCUT2D eigenvalue weighted by molar-refractivity contribution is 5.92. The van der Waals surface area contributed by atoms with Crippen molar-refractivity contribution in [2.45, 2.75) is 31.7 Å². The van der Waals surface area contributed by atoms with Crippen LogP contribution in [-0.4, -0.2) is 57.7 Å². The molecule has 3 aromatic rings. The van der Waals surface area contributed by atoms with Gasteiger partial charge in [0.25, 0.3) is 11.5 Å². The second-order valence-corrected chi connectivity index (χ2v) is 7.95. The molecule has 1 aliphatic heterocycles. The summed E-state index contributed by atoms with van der Waals surface area (Å²) < 4.78 is 46.9. The molecule has 0 radical (unpaired) electrons. The number of alkyl halides is 3. The number of aromatic amines is 1. The van der Waals surface area contributed by atoms with Crippen LogP contribution in [0.3, 0.4) is 0 Å². The molecular weight excluding hydrogens is 439 g/mol. The van der Waals surface area contributed by atoms with Gasteiger partial charge >= 0.3 is 6.18 Å². The molecule has 1 fully saturated rings. The molecule has 0 spiro atoms. The number of amides is 1. The molecule has 3 aromatic heterocycles. The third-order valence-corrected chi connectivity index (χ3v) is 5.60. The lowest BCUT2D eigenvalue weighted by Gasteiger charge is -2.50. The summed E-state index contributed by atoms with van der Waals surface area (Å²) in [5.74, 6) is -0.519. The second-order valence-electron chi connectivity index (χ2n) is 7.95. The van der Waals surface area contributed by atoms with Crippen LogP contribution in [0.1, 0.15) is 28.5 Å². The maximum atomic E-state index is 13.9. The van der Waals surface area contributed by atoms with Gasteiger partial charge in [0.2, 0.25) is 5.60 Å². The molecule has 33 heavy (non-hydrogen) atoms. The number of nitrogens with zero attached hydrogens (tertiary/aromatic N) is 3.